The van der Waals surface area contributed by atoms with E-state index in [4.69, 9.17) is 0 Å². The highest BCUT2D eigenvalue weighted by atomic mass is 15.2. The van der Waals surface area contributed by atoms with E-state index in [0.717, 1.165) is 6.54 Å². The normalized spacial score (nSPS) is 22.5. The Kier molecular flexibility index (Phi) is 2.30. The van der Waals surface area contributed by atoms with Crippen LogP contribution in [-0.2, 0) is 5.54 Å². The van der Waals surface area contributed by atoms with Gasteiger partial charge in [0.05, 0.1) is 5.54 Å². The number of aryl methyl sites for hydroxylation is 2. The Bertz CT molecular complexity index is 539. The van der Waals surface area contributed by atoms with Crippen LogP contribution in [0.15, 0.2) is 48.5 Å². The lowest BCUT2D eigenvalue weighted by Gasteiger charge is -2.18. The largest absolute Gasteiger partial charge is 0.300 e. The van der Waals surface area contributed by atoms with E-state index in [9.17, 15) is 0 Å². The summed E-state index contributed by atoms with van der Waals surface area (Å²) in [5, 5.41) is 3.55. The highest BCUT2D eigenvalue weighted by Gasteiger charge is 2.46. The third-order valence-electron chi connectivity index (χ3n) is 3.65. The second-order valence-corrected chi connectivity index (χ2v) is 4.94. The van der Waals surface area contributed by atoms with Crippen molar-refractivity contribution >= 4 is 0 Å². The highest BCUT2D eigenvalue weighted by molar-refractivity contribution is 5.49. The molecule has 0 saturated carbocycles. The average molecular weight is 223 g/mol. The second kappa shape index (κ2) is 3.71. The molecule has 1 heteroatoms. The monoisotopic (exact) mass is 223 g/mol. The fourth-order valence-electron chi connectivity index (χ4n) is 2.56. The van der Waals surface area contributed by atoms with Gasteiger partial charge in [0.1, 0.15) is 0 Å². The van der Waals surface area contributed by atoms with E-state index < -0.39 is 0 Å². The zero-order chi connectivity index (χ0) is 11.9. The molecule has 2 aromatic rings. The predicted octanol–water partition coefficient (Wildman–Crippen LogP) is 3.15. The molecule has 1 aliphatic heterocycles. The molecule has 3 rings (SSSR count). The summed E-state index contributed by atoms with van der Waals surface area (Å²) in [4.78, 5) is 0. The van der Waals surface area contributed by atoms with Gasteiger partial charge in [0, 0.05) is 6.54 Å². The van der Waals surface area contributed by atoms with Gasteiger partial charge in [-0.3, -0.25) is 0 Å². The van der Waals surface area contributed by atoms with E-state index in [0.29, 0.717) is 0 Å². The fourth-order valence-corrected chi connectivity index (χ4v) is 2.56. The number of rotatable bonds is 2. The molecular weight excluding hydrogens is 206 g/mol. The smallest absolute Gasteiger partial charge is 0.0821 e. The van der Waals surface area contributed by atoms with Crippen LogP contribution in [0, 0.1) is 13.8 Å². The van der Waals surface area contributed by atoms with Crippen LogP contribution in [0.3, 0.4) is 0 Å². The first kappa shape index (κ1) is 10.5. The van der Waals surface area contributed by atoms with Gasteiger partial charge >= 0.3 is 0 Å². The first-order valence-corrected chi connectivity index (χ1v) is 6.11. The molecule has 86 valence electrons. The Morgan fingerprint density at radius 1 is 1.00 bits per heavy atom. The van der Waals surface area contributed by atoms with Gasteiger partial charge in [-0.1, -0.05) is 54.1 Å². The molecule has 0 spiro atoms. The van der Waals surface area contributed by atoms with E-state index in [1.165, 1.54) is 22.3 Å². The Hall–Kier alpha value is -1.60. The minimum atomic E-state index is 0.0668. The van der Waals surface area contributed by atoms with Gasteiger partial charge in [0.15, 0.2) is 0 Å². The molecule has 0 amide bonds. The highest BCUT2D eigenvalue weighted by Crippen LogP contribution is 2.39. The Labute approximate surface area is 102 Å². The number of hydrogen-bond donors (Lipinski definition) is 1. The first-order chi connectivity index (χ1) is 8.22. The van der Waals surface area contributed by atoms with Gasteiger partial charge in [-0.25, -0.2) is 0 Å². The summed E-state index contributed by atoms with van der Waals surface area (Å²) >= 11 is 0. The minimum Gasteiger partial charge on any atom is -0.300 e. The second-order valence-electron chi connectivity index (χ2n) is 4.94. The van der Waals surface area contributed by atoms with Gasteiger partial charge in [-0.15, -0.1) is 0 Å². The van der Waals surface area contributed by atoms with E-state index >= 15 is 0 Å². The van der Waals surface area contributed by atoms with Crippen LogP contribution in [0.5, 0.6) is 0 Å². The third-order valence-corrected chi connectivity index (χ3v) is 3.65. The number of nitrogens with one attached hydrogen (secondary N) is 1. The van der Waals surface area contributed by atoms with E-state index in [1.807, 2.05) is 0 Å². The van der Waals surface area contributed by atoms with Crippen LogP contribution in [0.25, 0.3) is 0 Å². The van der Waals surface area contributed by atoms with Crippen LogP contribution in [0.4, 0.5) is 0 Å². The lowest BCUT2D eigenvalue weighted by Crippen LogP contribution is -2.16. The zero-order valence-electron chi connectivity index (χ0n) is 10.3. The molecule has 1 atom stereocenters. The van der Waals surface area contributed by atoms with Crippen LogP contribution < -0.4 is 5.32 Å². The molecular formula is C16H17N. The van der Waals surface area contributed by atoms with Crippen molar-refractivity contribution in [2.75, 3.05) is 6.54 Å². The van der Waals surface area contributed by atoms with Gasteiger partial charge in [0.25, 0.3) is 0 Å². The van der Waals surface area contributed by atoms with Crippen molar-refractivity contribution in [3.63, 3.8) is 0 Å². The van der Waals surface area contributed by atoms with Crippen molar-refractivity contribution in [2.24, 2.45) is 0 Å². The lowest BCUT2D eigenvalue weighted by molar-refractivity contribution is 0.810. The number of benzene rings is 2. The van der Waals surface area contributed by atoms with Crippen molar-refractivity contribution < 1.29 is 0 Å². The maximum absolute atomic E-state index is 3.55. The lowest BCUT2D eigenvalue weighted by atomic mass is 9.87. The maximum Gasteiger partial charge on any atom is 0.0821 e. The molecule has 1 N–H and O–H groups in total. The molecule has 1 nitrogen and oxygen atoms in total. The topological polar surface area (TPSA) is 21.9 Å². The molecule has 1 aliphatic rings. The van der Waals surface area contributed by atoms with Crippen molar-refractivity contribution in [3.05, 3.63) is 70.8 Å². The molecule has 1 heterocycles. The summed E-state index contributed by atoms with van der Waals surface area (Å²) in [6.45, 7) is 5.39. The first-order valence-electron chi connectivity index (χ1n) is 6.11. The van der Waals surface area contributed by atoms with Crippen molar-refractivity contribution in [3.8, 4) is 0 Å². The van der Waals surface area contributed by atoms with Crippen molar-refractivity contribution in [1.29, 1.82) is 0 Å². The summed E-state index contributed by atoms with van der Waals surface area (Å²) in [6, 6.07) is 17.4. The molecule has 1 saturated heterocycles. The Morgan fingerprint density at radius 2 is 1.71 bits per heavy atom. The quantitative estimate of drug-likeness (QED) is 0.776. The Balaban J connectivity index is 2.13. The van der Waals surface area contributed by atoms with Crippen LogP contribution in [-0.4, -0.2) is 6.54 Å². The van der Waals surface area contributed by atoms with Gasteiger partial charge < -0.3 is 5.32 Å². The van der Waals surface area contributed by atoms with E-state index in [-0.39, 0.29) is 5.54 Å². The molecule has 0 aromatic heterocycles. The van der Waals surface area contributed by atoms with Gasteiger partial charge in [0.2, 0.25) is 0 Å². The molecule has 1 fully saturated rings. The Morgan fingerprint density at radius 3 is 2.35 bits per heavy atom. The molecule has 2 aromatic carbocycles. The average Bonchev–Trinajstić information content (AvgIpc) is 3.15. The summed E-state index contributed by atoms with van der Waals surface area (Å²) < 4.78 is 0. The van der Waals surface area contributed by atoms with E-state index in [2.05, 4.69) is 67.7 Å². The molecule has 0 bridgehead atoms. The van der Waals surface area contributed by atoms with Crippen LogP contribution in [0.2, 0.25) is 0 Å². The summed E-state index contributed by atoms with van der Waals surface area (Å²) in [5.74, 6) is 0. The van der Waals surface area contributed by atoms with Crippen molar-refractivity contribution in [2.45, 2.75) is 19.4 Å². The molecule has 0 aliphatic carbocycles. The van der Waals surface area contributed by atoms with Crippen LogP contribution >= 0.6 is 0 Å². The standard InChI is InChI=1S/C16H17N/c1-12-8-9-13(2)15(10-12)16(11-17-16)14-6-4-3-5-7-14/h3-10,17H,11H2,1-2H3. The third kappa shape index (κ3) is 1.67. The summed E-state index contributed by atoms with van der Waals surface area (Å²) in [7, 11) is 0. The predicted molar refractivity (Wildman–Crippen MR) is 71.1 cm³/mol. The zero-order valence-corrected chi connectivity index (χ0v) is 10.3. The SMILES string of the molecule is Cc1ccc(C)c(C2(c3ccccc3)CN2)c1. The maximum atomic E-state index is 3.55. The fraction of sp³-hybridized carbons (Fsp3) is 0.250. The van der Waals surface area contributed by atoms with Crippen molar-refractivity contribution in [1.82, 2.24) is 5.32 Å². The van der Waals surface area contributed by atoms with Crippen LogP contribution in [0.1, 0.15) is 22.3 Å². The van der Waals surface area contributed by atoms with Gasteiger partial charge in [-0.2, -0.15) is 0 Å². The molecule has 17 heavy (non-hydrogen) atoms. The molecule has 0 radical (unpaired) electrons. The summed E-state index contributed by atoms with van der Waals surface area (Å²) in [6.07, 6.45) is 0. The molecule has 1 unspecified atom stereocenters. The van der Waals surface area contributed by atoms with E-state index in [1.54, 1.807) is 0 Å². The van der Waals surface area contributed by atoms with Gasteiger partial charge in [-0.05, 0) is 30.5 Å². The number of hydrogen-bond acceptors (Lipinski definition) is 1. The minimum absolute atomic E-state index is 0.0668. The summed E-state index contributed by atoms with van der Waals surface area (Å²) in [5.41, 5.74) is 5.55.